The molecule has 1 unspecified atom stereocenters. The summed E-state index contributed by atoms with van der Waals surface area (Å²) in [5.74, 6) is -0.873. The van der Waals surface area contributed by atoms with Crippen LogP contribution in [0.3, 0.4) is 0 Å². The van der Waals surface area contributed by atoms with Crippen LogP contribution in [0.15, 0.2) is 36.4 Å². The van der Waals surface area contributed by atoms with E-state index < -0.39 is 17.8 Å². The number of nitrogens with one attached hydrogen (secondary N) is 3. The van der Waals surface area contributed by atoms with Gasteiger partial charge in [-0.3, -0.25) is 10.1 Å². The molecule has 0 spiro atoms. The smallest absolute Gasteiger partial charge is 0.326 e. The number of hydrogen-bond acceptors (Lipinski definition) is 2. The molecule has 0 aromatic heterocycles. The minimum atomic E-state index is -0.598. The first-order valence-electron chi connectivity index (χ1n) is 8.18. The maximum atomic E-state index is 13.8. The zero-order valence-corrected chi connectivity index (χ0v) is 15.7. The Bertz CT molecular complexity index is 806. The van der Waals surface area contributed by atoms with Gasteiger partial charge in [-0.05, 0) is 37.6 Å². The molecule has 0 bridgehead atoms. The van der Waals surface area contributed by atoms with Crippen molar-refractivity contribution in [1.82, 2.24) is 5.32 Å². The van der Waals surface area contributed by atoms with E-state index in [2.05, 4.69) is 10.6 Å². The number of amides is 3. The van der Waals surface area contributed by atoms with Gasteiger partial charge in [-0.2, -0.15) is 0 Å². The molecule has 0 saturated heterocycles. The third kappa shape index (κ3) is 5.54. The van der Waals surface area contributed by atoms with E-state index in [9.17, 15) is 14.0 Å². The van der Waals surface area contributed by atoms with Crippen molar-refractivity contribution in [3.05, 3.63) is 63.9 Å². The summed E-state index contributed by atoms with van der Waals surface area (Å²) in [7, 11) is 1.73. The number of carbonyl (C=O) groups is 2. The molecule has 0 aliphatic carbocycles. The minimum Gasteiger partial charge on any atom is -0.326 e. The molecule has 0 aliphatic heterocycles. The Morgan fingerprint density at radius 1 is 1.19 bits per heavy atom. The molecule has 0 radical (unpaired) electrons. The van der Waals surface area contributed by atoms with E-state index in [1.807, 2.05) is 26.0 Å². The molecular formula is C19H22ClFN3O2+. The average molecular weight is 379 g/mol. The summed E-state index contributed by atoms with van der Waals surface area (Å²) < 4.78 is 13.8. The number of aryl methyl sites for hydroxylation is 2. The number of quaternary nitrogens is 1. The van der Waals surface area contributed by atoms with Gasteiger partial charge in [0.1, 0.15) is 12.4 Å². The second-order valence-corrected chi connectivity index (χ2v) is 6.74. The van der Waals surface area contributed by atoms with Crippen LogP contribution in [0, 0.1) is 19.7 Å². The molecule has 0 fully saturated rings. The Kier molecular flexibility index (Phi) is 6.71. The number of likely N-dealkylation sites (N-methyl/N-ethyl adjacent to an activating group) is 1. The van der Waals surface area contributed by atoms with Crippen molar-refractivity contribution < 1.29 is 18.9 Å². The fraction of sp³-hybridized carbons (Fsp3) is 0.263. The van der Waals surface area contributed by atoms with Crippen LogP contribution in [0.4, 0.5) is 14.9 Å². The van der Waals surface area contributed by atoms with Crippen LogP contribution in [-0.2, 0) is 11.3 Å². The van der Waals surface area contributed by atoms with Gasteiger partial charge in [-0.15, -0.1) is 0 Å². The first-order valence-corrected chi connectivity index (χ1v) is 8.56. The lowest BCUT2D eigenvalue weighted by Crippen LogP contribution is -3.09. The lowest BCUT2D eigenvalue weighted by molar-refractivity contribution is -0.885. The molecule has 3 N–H and O–H groups in total. The maximum Gasteiger partial charge on any atom is 0.326 e. The van der Waals surface area contributed by atoms with Crippen molar-refractivity contribution in [2.24, 2.45) is 0 Å². The third-order valence-corrected chi connectivity index (χ3v) is 4.24. The Morgan fingerprint density at radius 2 is 1.92 bits per heavy atom. The highest BCUT2D eigenvalue weighted by molar-refractivity contribution is 6.31. The van der Waals surface area contributed by atoms with Crippen LogP contribution in [-0.4, -0.2) is 25.5 Å². The zero-order chi connectivity index (χ0) is 19.3. The van der Waals surface area contributed by atoms with Crippen molar-refractivity contribution in [2.45, 2.75) is 20.4 Å². The summed E-state index contributed by atoms with van der Waals surface area (Å²) in [6.45, 7) is 4.07. The number of rotatable bonds is 5. The van der Waals surface area contributed by atoms with Crippen LogP contribution in [0.1, 0.15) is 16.7 Å². The topological polar surface area (TPSA) is 62.6 Å². The Labute approximate surface area is 157 Å². The maximum absolute atomic E-state index is 13.8. The number of halogens is 2. The molecule has 26 heavy (non-hydrogen) atoms. The predicted molar refractivity (Wildman–Crippen MR) is 99.9 cm³/mol. The van der Waals surface area contributed by atoms with Gasteiger partial charge in [0.25, 0.3) is 5.91 Å². The van der Waals surface area contributed by atoms with Gasteiger partial charge < -0.3 is 10.2 Å². The Morgan fingerprint density at radius 3 is 2.58 bits per heavy atom. The molecule has 2 aromatic carbocycles. The van der Waals surface area contributed by atoms with Gasteiger partial charge in [0.15, 0.2) is 6.54 Å². The summed E-state index contributed by atoms with van der Waals surface area (Å²) in [4.78, 5) is 24.7. The quantitative estimate of drug-likeness (QED) is 0.748. The first kappa shape index (κ1) is 19.9. The second-order valence-electron chi connectivity index (χ2n) is 6.33. The van der Waals surface area contributed by atoms with Crippen molar-refractivity contribution in [1.29, 1.82) is 0 Å². The van der Waals surface area contributed by atoms with E-state index in [1.54, 1.807) is 19.2 Å². The molecule has 7 heteroatoms. The molecule has 0 aliphatic rings. The largest absolute Gasteiger partial charge is 0.326 e. The second kappa shape index (κ2) is 8.78. The molecule has 1 atom stereocenters. The van der Waals surface area contributed by atoms with Crippen LogP contribution < -0.4 is 15.5 Å². The van der Waals surface area contributed by atoms with Crippen molar-refractivity contribution in [3.63, 3.8) is 0 Å². The van der Waals surface area contributed by atoms with Crippen molar-refractivity contribution in [2.75, 3.05) is 18.9 Å². The number of anilines is 1. The zero-order valence-electron chi connectivity index (χ0n) is 15.0. The number of carbonyl (C=O) groups excluding carboxylic acids is 2. The van der Waals surface area contributed by atoms with Gasteiger partial charge in [0.2, 0.25) is 0 Å². The molecule has 2 rings (SSSR count). The summed E-state index contributed by atoms with van der Waals surface area (Å²) in [5.41, 5.74) is 2.98. The van der Waals surface area contributed by atoms with Gasteiger partial charge in [0, 0.05) is 5.69 Å². The molecular weight excluding hydrogens is 357 g/mol. The minimum absolute atomic E-state index is 0.00492. The number of hydrogen-bond donors (Lipinski definition) is 3. The SMILES string of the molecule is Cc1ccc(NC(=O)NC(=O)C[NH+](C)Cc2c(F)cccc2Cl)c(C)c1. The van der Waals surface area contributed by atoms with E-state index >= 15 is 0 Å². The van der Waals surface area contributed by atoms with E-state index in [-0.39, 0.29) is 13.1 Å². The van der Waals surface area contributed by atoms with E-state index in [0.29, 0.717) is 21.2 Å². The summed E-state index contributed by atoms with van der Waals surface area (Å²) >= 11 is 5.99. The monoisotopic (exact) mass is 378 g/mol. The summed E-state index contributed by atoms with van der Waals surface area (Å²) in [5, 5.41) is 5.24. The Hall–Kier alpha value is -2.44. The fourth-order valence-corrected chi connectivity index (χ4v) is 2.85. The number of imide groups is 1. The molecule has 5 nitrogen and oxygen atoms in total. The molecule has 0 heterocycles. The number of urea groups is 1. The van der Waals surface area contributed by atoms with Crippen molar-refractivity contribution >= 4 is 29.2 Å². The van der Waals surface area contributed by atoms with E-state index in [0.717, 1.165) is 11.1 Å². The Balaban J connectivity index is 1.88. The molecule has 3 amide bonds. The van der Waals surface area contributed by atoms with E-state index in [1.165, 1.54) is 12.1 Å². The highest BCUT2D eigenvalue weighted by atomic mass is 35.5. The van der Waals surface area contributed by atoms with Gasteiger partial charge in [-0.1, -0.05) is 35.4 Å². The van der Waals surface area contributed by atoms with E-state index in [4.69, 9.17) is 11.6 Å². The average Bonchev–Trinajstić information content (AvgIpc) is 2.53. The first-order chi connectivity index (χ1) is 12.3. The standard InChI is InChI=1S/C19H21ClFN3O2/c1-12-7-8-17(13(2)9-12)22-19(26)23-18(25)11-24(3)10-14-15(20)5-4-6-16(14)21/h4-9H,10-11H2,1-3H3,(H2,22,23,25,26)/p+1. The van der Waals surface area contributed by atoms with Crippen LogP contribution >= 0.6 is 11.6 Å². The lowest BCUT2D eigenvalue weighted by Gasteiger charge is -2.15. The predicted octanol–water partition coefficient (Wildman–Crippen LogP) is 2.46. The van der Waals surface area contributed by atoms with Gasteiger partial charge in [0.05, 0.1) is 17.6 Å². The van der Waals surface area contributed by atoms with Crippen molar-refractivity contribution in [3.8, 4) is 0 Å². The summed E-state index contributed by atoms with van der Waals surface area (Å²) in [6.07, 6.45) is 0. The molecule has 0 saturated carbocycles. The van der Waals surface area contributed by atoms with Gasteiger partial charge in [-0.25, -0.2) is 9.18 Å². The highest BCUT2D eigenvalue weighted by Crippen LogP contribution is 2.17. The van der Waals surface area contributed by atoms with Crippen LogP contribution in [0.25, 0.3) is 0 Å². The van der Waals surface area contributed by atoms with Crippen LogP contribution in [0.5, 0.6) is 0 Å². The summed E-state index contributed by atoms with van der Waals surface area (Å²) in [6, 6.07) is 9.45. The molecule has 2 aromatic rings. The normalized spacial score (nSPS) is 11.7. The van der Waals surface area contributed by atoms with Crippen LogP contribution in [0.2, 0.25) is 5.02 Å². The van der Waals surface area contributed by atoms with Gasteiger partial charge >= 0.3 is 6.03 Å². The fourth-order valence-electron chi connectivity index (χ4n) is 2.62. The third-order valence-electron chi connectivity index (χ3n) is 3.89. The molecule has 138 valence electrons. The highest BCUT2D eigenvalue weighted by Gasteiger charge is 2.17. The lowest BCUT2D eigenvalue weighted by atomic mass is 10.1. The number of benzene rings is 2.